The van der Waals surface area contributed by atoms with E-state index in [2.05, 4.69) is 38.5 Å². The molecule has 0 bridgehead atoms. The van der Waals surface area contributed by atoms with Gasteiger partial charge in [-0.1, -0.05) is 6.08 Å². The minimum Gasteiger partial charge on any atom is -0.339 e. The van der Waals surface area contributed by atoms with E-state index < -0.39 is 0 Å². The summed E-state index contributed by atoms with van der Waals surface area (Å²) >= 11 is 0. The zero-order chi connectivity index (χ0) is 12.5. The molecule has 1 aliphatic rings. The monoisotopic (exact) mass is 238 g/mol. The van der Waals surface area contributed by atoms with Gasteiger partial charge in [-0.3, -0.25) is 0 Å². The molecule has 4 heteroatoms. The number of fused-ring (bicyclic) bond motifs is 2. The summed E-state index contributed by atoms with van der Waals surface area (Å²) < 4.78 is 0. The van der Waals surface area contributed by atoms with Crippen molar-refractivity contribution < 1.29 is 0 Å². The first-order valence-corrected chi connectivity index (χ1v) is 5.85. The van der Waals surface area contributed by atoms with E-state index in [0.29, 0.717) is 6.54 Å². The van der Waals surface area contributed by atoms with Gasteiger partial charge in [0, 0.05) is 26.0 Å². The van der Waals surface area contributed by atoms with Crippen LogP contribution in [-0.2, 0) is 0 Å². The third-order valence-corrected chi connectivity index (χ3v) is 3.08. The van der Waals surface area contributed by atoms with Gasteiger partial charge in [0.25, 0.3) is 0 Å². The van der Waals surface area contributed by atoms with Crippen molar-refractivity contribution in [3.05, 3.63) is 49.3 Å². The molecule has 0 atom stereocenters. The number of rotatable bonds is 2. The minimum absolute atomic E-state index is 0.696. The molecule has 4 nitrogen and oxygen atoms in total. The highest BCUT2D eigenvalue weighted by Gasteiger charge is 2.27. The van der Waals surface area contributed by atoms with Crippen LogP contribution in [0.3, 0.4) is 0 Å². The molecule has 0 saturated carbocycles. The Labute approximate surface area is 106 Å². The van der Waals surface area contributed by atoms with Crippen LogP contribution in [0.2, 0.25) is 0 Å². The van der Waals surface area contributed by atoms with E-state index in [-0.39, 0.29) is 0 Å². The standard InChI is InChI=1S/C14H14N4/c1-3-10-18-13-11(6-4-8-15-13)17(2)12-7-5-9-16-14(12)18/h3-9H,1,10H2,2H3. The summed E-state index contributed by atoms with van der Waals surface area (Å²) in [5.41, 5.74) is 2.17. The second-order valence-electron chi connectivity index (χ2n) is 4.15. The van der Waals surface area contributed by atoms with Gasteiger partial charge >= 0.3 is 0 Å². The maximum Gasteiger partial charge on any atom is 0.158 e. The maximum absolute atomic E-state index is 4.47. The van der Waals surface area contributed by atoms with Crippen molar-refractivity contribution in [2.75, 3.05) is 23.4 Å². The van der Waals surface area contributed by atoms with Crippen molar-refractivity contribution in [2.45, 2.75) is 0 Å². The third kappa shape index (κ3) is 1.46. The molecular weight excluding hydrogens is 224 g/mol. The normalized spacial score (nSPS) is 12.9. The summed E-state index contributed by atoms with van der Waals surface area (Å²) in [4.78, 5) is 13.1. The molecule has 0 radical (unpaired) electrons. The number of hydrogen-bond acceptors (Lipinski definition) is 4. The lowest BCUT2D eigenvalue weighted by Gasteiger charge is -2.35. The summed E-state index contributed by atoms with van der Waals surface area (Å²) in [5, 5.41) is 0. The van der Waals surface area contributed by atoms with E-state index in [0.717, 1.165) is 23.0 Å². The predicted octanol–water partition coefficient (Wildman–Crippen LogP) is 2.88. The Bertz CT molecular complexity index is 546. The lowest BCUT2D eigenvalue weighted by atomic mass is 10.2. The van der Waals surface area contributed by atoms with Crippen LogP contribution < -0.4 is 9.80 Å². The first kappa shape index (κ1) is 10.8. The van der Waals surface area contributed by atoms with Crippen LogP contribution in [0.5, 0.6) is 0 Å². The van der Waals surface area contributed by atoms with Gasteiger partial charge in [-0.15, -0.1) is 6.58 Å². The molecule has 0 aromatic carbocycles. The molecule has 0 amide bonds. The fourth-order valence-corrected chi connectivity index (χ4v) is 2.25. The van der Waals surface area contributed by atoms with Gasteiger partial charge < -0.3 is 9.80 Å². The average Bonchev–Trinajstić information content (AvgIpc) is 2.43. The van der Waals surface area contributed by atoms with Crippen LogP contribution in [0, 0.1) is 0 Å². The van der Waals surface area contributed by atoms with Crippen molar-refractivity contribution in [3.63, 3.8) is 0 Å². The Morgan fingerprint density at radius 2 is 1.67 bits per heavy atom. The summed E-state index contributed by atoms with van der Waals surface area (Å²) in [6.45, 7) is 4.51. The zero-order valence-corrected chi connectivity index (χ0v) is 10.2. The second kappa shape index (κ2) is 4.14. The first-order chi connectivity index (χ1) is 8.83. The Balaban J connectivity index is 2.23. The highest BCUT2D eigenvalue weighted by molar-refractivity contribution is 5.89. The summed E-state index contributed by atoms with van der Waals surface area (Å²) in [5.74, 6) is 1.84. The molecule has 0 spiro atoms. The van der Waals surface area contributed by atoms with Crippen molar-refractivity contribution in [2.24, 2.45) is 0 Å². The summed E-state index contributed by atoms with van der Waals surface area (Å²) in [6, 6.07) is 8.02. The van der Waals surface area contributed by atoms with Crippen LogP contribution in [0.1, 0.15) is 0 Å². The molecule has 2 aromatic heterocycles. The average molecular weight is 238 g/mol. The van der Waals surface area contributed by atoms with Gasteiger partial charge in [0.1, 0.15) is 0 Å². The minimum atomic E-state index is 0.696. The molecule has 1 aliphatic heterocycles. The number of pyridine rings is 2. The lowest BCUT2D eigenvalue weighted by molar-refractivity contribution is 0.966. The Kier molecular flexibility index (Phi) is 2.48. The smallest absolute Gasteiger partial charge is 0.158 e. The third-order valence-electron chi connectivity index (χ3n) is 3.08. The van der Waals surface area contributed by atoms with Crippen molar-refractivity contribution >= 4 is 23.0 Å². The molecule has 3 rings (SSSR count). The van der Waals surface area contributed by atoms with Crippen molar-refractivity contribution in [3.8, 4) is 0 Å². The number of anilines is 4. The molecule has 0 N–H and O–H groups in total. The van der Waals surface area contributed by atoms with Gasteiger partial charge in [-0.05, 0) is 24.3 Å². The highest BCUT2D eigenvalue weighted by atomic mass is 15.3. The van der Waals surface area contributed by atoms with E-state index in [9.17, 15) is 0 Å². The molecule has 2 aromatic rings. The summed E-state index contributed by atoms with van der Waals surface area (Å²) in [6.07, 6.45) is 5.47. The van der Waals surface area contributed by atoms with E-state index in [4.69, 9.17) is 0 Å². The number of hydrogen-bond donors (Lipinski definition) is 0. The number of aromatic nitrogens is 2. The second-order valence-corrected chi connectivity index (χ2v) is 4.15. The quantitative estimate of drug-likeness (QED) is 0.753. The highest BCUT2D eigenvalue weighted by Crippen LogP contribution is 2.43. The molecule has 0 fully saturated rings. The SMILES string of the molecule is C=CCN1c2ncccc2N(C)c2cccnc21. The van der Waals surface area contributed by atoms with E-state index in [1.165, 1.54) is 0 Å². The zero-order valence-electron chi connectivity index (χ0n) is 10.2. The molecule has 0 aliphatic carbocycles. The van der Waals surface area contributed by atoms with Crippen LogP contribution in [0.25, 0.3) is 0 Å². The predicted molar refractivity (Wildman–Crippen MR) is 73.7 cm³/mol. The first-order valence-electron chi connectivity index (χ1n) is 5.85. The van der Waals surface area contributed by atoms with Gasteiger partial charge in [-0.25, -0.2) is 9.97 Å². The van der Waals surface area contributed by atoms with Crippen molar-refractivity contribution in [1.29, 1.82) is 0 Å². The van der Waals surface area contributed by atoms with Crippen LogP contribution >= 0.6 is 0 Å². The number of nitrogens with zero attached hydrogens (tertiary/aromatic N) is 4. The molecule has 90 valence electrons. The maximum atomic E-state index is 4.47. The van der Waals surface area contributed by atoms with Gasteiger partial charge in [0.2, 0.25) is 0 Å². The van der Waals surface area contributed by atoms with Gasteiger partial charge in [0.15, 0.2) is 11.6 Å². The molecule has 18 heavy (non-hydrogen) atoms. The largest absolute Gasteiger partial charge is 0.339 e. The molecule has 0 saturated heterocycles. The lowest BCUT2D eigenvalue weighted by Crippen LogP contribution is -2.29. The van der Waals surface area contributed by atoms with Crippen molar-refractivity contribution in [1.82, 2.24) is 9.97 Å². The van der Waals surface area contributed by atoms with Crippen LogP contribution in [-0.4, -0.2) is 23.6 Å². The van der Waals surface area contributed by atoms with E-state index >= 15 is 0 Å². The van der Waals surface area contributed by atoms with Crippen LogP contribution in [0.15, 0.2) is 49.3 Å². The van der Waals surface area contributed by atoms with E-state index in [1.54, 1.807) is 12.4 Å². The Morgan fingerprint density at radius 1 is 1.11 bits per heavy atom. The van der Waals surface area contributed by atoms with E-state index in [1.807, 2.05) is 25.3 Å². The fraction of sp³-hybridized carbons (Fsp3) is 0.143. The Hall–Kier alpha value is -2.36. The molecule has 3 heterocycles. The summed E-state index contributed by atoms with van der Waals surface area (Å²) in [7, 11) is 2.03. The van der Waals surface area contributed by atoms with Gasteiger partial charge in [0.05, 0.1) is 11.4 Å². The molecular formula is C14H14N4. The Morgan fingerprint density at radius 3 is 2.17 bits per heavy atom. The van der Waals surface area contributed by atoms with Gasteiger partial charge in [-0.2, -0.15) is 0 Å². The fourth-order valence-electron chi connectivity index (χ4n) is 2.25. The van der Waals surface area contributed by atoms with Crippen LogP contribution in [0.4, 0.5) is 23.0 Å². The topological polar surface area (TPSA) is 32.3 Å². The molecule has 0 unspecified atom stereocenters.